The van der Waals surface area contributed by atoms with Gasteiger partial charge in [-0.05, 0) is 32.9 Å². The molecule has 5 heteroatoms. The Morgan fingerprint density at radius 1 is 1.53 bits per heavy atom. The van der Waals surface area contributed by atoms with Gasteiger partial charge < -0.3 is 9.84 Å². The minimum Gasteiger partial charge on any atom is -0.442 e. The second kappa shape index (κ2) is 4.37. The number of ether oxygens (including phenoxy) is 1. The number of carbonyl (C=O) groups excluding carboxylic acids is 1. The highest BCUT2D eigenvalue weighted by molar-refractivity contribution is 5.70. The molecule has 0 aromatic carbocycles. The van der Waals surface area contributed by atoms with E-state index in [9.17, 15) is 4.79 Å². The number of nitrogens with zero attached hydrogens (tertiary/aromatic N) is 2. The van der Waals surface area contributed by atoms with Gasteiger partial charge in [0.25, 0.3) is 0 Å². The molecule has 0 spiro atoms. The Labute approximate surface area is 89.6 Å². The van der Waals surface area contributed by atoms with E-state index >= 15 is 0 Å². The summed E-state index contributed by atoms with van der Waals surface area (Å²) in [7, 11) is 2.03. The molecule has 2 saturated heterocycles. The Morgan fingerprint density at radius 3 is 2.93 bits per heavy atom. The van der Waals surface area contributed by atoms with Gasteiger partial charge >= 0.3 is 6.09 Å². The largest absolute Gasteiger partial charge is 0.442 e. The molecular formula is C10H18N2O3. The van der Waals surface area contributed by atoms with Crippen molar-refractivity contribution in [3.8, 4) is 0 Å². The van der Waals surface area contributed by atoms with E-state index < -0.39 is 0 Å². The molecule has 2 aliphatic rings. The Morgan fingerprint density at radius 2 is 2.33 bits per heavy atom. The molecule has 15 heavy (non-hydrogen) atoms. The van der Waals surface area contributed by atoms with Crippen LogP contribution in [-0.4, -0.2) is 60.0 Å². The van der Waals surface area contributed by atoms with Crippen LogP contribution >= 0.6 is 0 Å². The fourth-order valence-electron chi connectivity index (χ4n) is 2.33. The molecule has 2 heterocycles. The summed E-state index contributed by atoms with van der Waals surface area (Å²) in [4.78, 5) is 15.5. The molecule has 2 aliphatic heterocycles. The highest BCUT2D eigenvalue weighted by Gasteiger charge is 2.37. The van der Waals surface area contributed by atoms with Crippen LogP contribution in [0, 0.1) is 0 Å². The first kappa shape index (κ1) is 10.7. The van der Waals surface area contributed by atoms with Crippen LogP contribution in [0.15, 0.2) is 0 Å². The van der Waals surface area contributed by atoms with Crippen molar-refractivity contribution in [2.24, 2.45) is 0 Å². The van der Waals surface area contributed by atoms with Crippen molar-refractivity contribution < 1.29 is 14.6 Å². The first-order valence-corrected chi connectivity index (χ1v) is 5.50. The quantitative estimate of drug-likeness (QED) is 0.715. The van der Waals surface area contributed by atoms with Gasteiger partial charge in [-0.1, -0.05) is 0 Å². The van der Waals surface area contributed by atoms with Gasteiger partial charge in [0.2, 0.25) is 0 Å². The lowest BCUT2D eigenvalue weighted by Crippen LogP contribution is -2.49. The number of hydrogen-bond donors (Lipinski definition) is 1. The number of aliphatic hydroxyl groups excluding tert-OH is 1. The molecule has 1 N–H and O–H groups in total. The van der Waals surface area contributed by atoms with Crippen molar-refractivity contribution in [2.45, 2.75) is 31.5 Å². The van der Waals surface area contributed by atoms with Crippen LogP contribution in [0.25, 0.3) is 0 Å². The predicted molar refractivity (Wildman–Crippen MR) is 54.3 cm³/mol. The number of piperidine rings is 1. The number of amides is 1. The molecule has 2 atom stereocenters. The van der Waals surface area contributed by atoms with Crippen LogP contribution in [0.4, 0.5) is 4.79 Å². The number of carbonyl (C=O) groups is 1. The summed E-state index contributed by atoms with van der Waals surface area (Å²) >= 11 is 0. The molecule has 1 unspecified atom stereocenters. The highest BCUT2D eigenvalue weighted by Crippen LogP contribution is 2.23. The van der Waals surface area contributed by atoms with Gasteiger partial charge in [0.05, 0.1) is 19.3 Å². The second-order valence-electron chi connectivity index (χ2n) is 4.30. The van der Waals surface area contributed by atoms with Crippen molar-refractivity contribution in [3.63, 3.8) is 0 Å². The molecule has 1 amide bonds. The van der Waals surface area contributed by atoms with E-state index in [-0.39, 0.29) is 25.0 Å². The lowest BCUT2D eigenvalue weighted by Gasteiger charge is -2.37. The summed E-state index contributed by atoms with van der Waals surface area (Å²) in [6, 6.07) is 0. The van der Waals surface area contributed by atoms with Crippen LogP contribution in [0.1, 0.15) is 19.3 Å². The van der Waals surface area contributed by atoms with Crippen molar-refractivity contribution in [1.29, 1.82) is 0 Å². The van der Waals surface area contributed by atoms with Crippen LogP contribution in [0.5, 0.6) is 0 Å². The fraction of sp³-hybridized carbons (Fsp3) is 0.900. The van der Waals surface area contributed by atoms with E-state index in [0.717, 1.165) is 19.4 Å². The van der Waals surface area contributed by atoms with E-state index in [1.165, 1.54) is 6.42 Å². The maximum absolute atomic E-state index is 11.6. The van der Waals surface area contributed by atoms with Crippen molar-refractivity contribution >= 4 is 6.09 Å². The van der Waals surface area contributed by atoms with E-state index in [0.29, 0.717) is 6.54 Å². The number of cyclic esters (lactones) is 1. The van der Waals surface area contributed by atoms with Crippen LogP contribution in [0.3, 0.4) is 0 Å². The van der Waals surface area contributed by atoms with E-state index in [4.69, 9.17) is 9.84 Å². The molecule has 5 nitrogen and oxygen atoms in total. The van der Waals surface area contributed by atoms with Crippen LogP contribution < -0.4 is 0 Å². The zero-order chi connectivity index (χ0) is 10.8. The number of rotatable bonds is 2. The first-order chi connectivity index (χ1) is 7.22. The summed E-state index contributed by atoms with van der Waals surface area (Å²) < 4.78 is 5.03. The van der Waals surface area contributed by atoms with Gasteiger partial charge in [0.15, 0.2) is 0 Å². The average Bonchev–Trinajstić information content (AvgIpc) is 2.60. The molecule has 86 valence electrons. The van der Waals surface area contributed by atoms with Gasteiger partial charge in [0.1, 0.15) is 6.10 Å². The first-order valence-electron chi connectivity index (χ1n) is 5.50. The molecule has 0 aliphatic carbocycles. The molecule has 0 radical (unpaired) electrons. The molecular weight excluding hydrogens is 196 g/mol. The van der Waals surface area contributed by atoms with Crippen LogP contribution in [-0.2, 0) is 4.74 Å². The predicted octanol–water partition coefficient (Wildman–Crippen LogP) is 0.241. The zero-order valence-electron chi connectivity index (χ0n) is 9.06. The summed E-state index contributed by atoms with van der Waals surface area (Å²) in [6.45, 7) is 1.46. The van der Waals surface area contributed by atoms with E-state index in [2.05, 4.69) is 4.90 Å². The van der Waals surface area contributed by atoms with E-state index in [1.807, 2.05) is 7.05 Å². The van der Waals surface area contributed by atoms with Gasteiger partial charge in [-0.3, -0.25) is 9.80 Å². The summed E-state index contributed by atoms with van der Waals surface area (Å²) in [5.41, 5.74) is 0. The van der Waals surface area contributed by atoms with E-state index in [1.54, 1.807) is 4.90 Å². The minimum absolute atomic E-state index is 0.0846. The topological polar surface area (TPSA) is 53.0 Å². The lowest BCUT2D eigenvalue weighted by atomic mass is 10.1. The van der Waals surface area contributed by atoms with Crippen LogP contribution in [0.2, 0.25) is 0 Å². The third kappa shape index (κ3) is 2.08. The smallest absolute Gasteiger partial charge is 0.411 e. The number of likely N-dealkylation sites (tertiary alicyclic amines) is 1. The monoisotopic (exact) mass is 214 g/mol. The fourth-order valence-corrected chi connectivity index (χ4v) is 2.33. The standard InChI is InChI=1S/C10H18N2O3/c1-11-5-3-2-4-9(11)12-6-8(7-13)15-10(12)14/h8-9,13H,2-7H2,1H3/t8-,9?/m1/s1. The summed E-state index contributed by atoms with van der Waals surface area (Å²) in [6.07, 6.45) is 2.88. The van der Waals surface area contributed by atoms with Crippen molar-refractivity contribution in [1.82, 2.24) is 9.80 Å². The molecule has 0 aromatic heterocycles. The van der Waals surface area contributed by atoms with Gasteiger partial charge in [-0.15, -0.1) is 0 Å². The van der Waals surface area contributed by atoms with Crippen molar-refractivity contribution in [3.05, 3.63) is 0 Å². The highest BCUT2D eigenvalue weighted by atomic mass is 16.6. The Hall–Kier alpha value is -0.810. The normalized spacial score (nSPS) is 33.2. The van der Waals surface area contributed by atoms with Gasteiger partial charge in [-0.25, -0.2) is 4.79 Å². The number of hydrogen-bond acceptors (Lipinski definition) is 4. The molecule has 0 aromatic rings. The Kier molecular flexibility index (Phi) is 3.11. The summed E-state index contributed by atoms with van der Waals surface area (Å²) in [5, 5.41) is 8.95. The molecule has 0 saturated carbocycles. The summed E-state index contributed by atoms with van der Waals surface area (Å²) in [5.74, 6) is 0. The van der Waals surface area contributed by atoms with Gasteiger partial charge in [0, 0.05) is 0 Å². The molecule has 2 fully saturated rings. The SMILES string of the molecule is CN1CCCCC1N1C[C@H](CO)OC1=O. The average molecular weight is 214 g/mol. The molecule has 2 rings (SSSR count). The Balaban J connectivity index is 2.00. The lowest BCUT2D eigenvalue weighted by molar-refractivity contribution is 0.0603. The van der Waals surface area contributed by atoms with Gasteiger partial charge in [-0.2, -0.15) is 0 Å². The number of aliphatic hydroxyl groups is 1. The molecule has 0 bridgehead atoms. The minimum atomic E-state index is -0.340. The second-order valence-corrected chi connectivity index (χ2v) is 4.30. The Bertz CT molecular complexity index is 247. The third-order valence-electron chi connectivity index (χ3n) is 3.20. The maximum Gasteiger partial charge on any atom is 0.411 e. The third-order valence-corrected chi connectivity index (χ3v) is 3.20. The zero-order valence-corrected chi connectivity index (χ0v) is 9.06. The van der Waals surface area contributed by atoms with Crippen molar-refractivity contribution in [2.75, 3.05) is 26.7 Å². The maximum atomic E-state index is 11.6.